The molecule has 5 nitrogen and oxygen atoms in total. The number of pyridine rings is 2. The van der Waals surface area contributed by atoms with Crippen molar-refractivity contribution in [2.45, 2.75) is 0 Å². The van der Waals surface area contributed by atoms with E-state index < -0.39 is 0 Å². The first-order valence-corrected chi connectivity index (χ1v) is 5.33. The number of nitrogens with zero attached hydrogens (tertiary/aromatic N) is 2. The van der Waals surface area contributed by atoms with Crippen molar-refractivity contribution >= 4 is 6.29 Å². The molecule has 5 heteroatoms. The van der Waals surface area contributed by atoms with Crippen molar-refractivity contribution < 1.29 is 14.3 Å². The van der Waals surface area contributed by atoms with Gasteiger partial charge in [-0.05, 0) is 18.2 Å². The summed E-state index contributed by atoms with van der Waals surface area (Å²) in [5.74, 6) is 0.355. The molecule has 18 heavy (non-hydrogen) atoms. The van der Waals surface area contributed by atoms with E-state index in [1.165, 1.54) is 7.11 Å². The van der Waals surface area contributed by atoms with Crippen LogP contribution in [-0.2, 0) is 4.74 Å². The Hall–Kier alpha value is -2.27. The molecule has 0 saturated carbocycles. The first-order chi connectivity index (χ1) is 8.83. The lowest BCUT2D eigenvalue weighted by molar-refractivity contribution is 0.0478. The highest BCUT2D eigenvalue weighted by Crippen LogP contribution is 2.21. The Morgan fingerprint density at radius 1 is 1.28 bits per heavy atom. The monoisotopic (exact) mass is 244 g/mol. The van der Waals surface area contributed by atoms with Gasteiger partial charge in [0.1, 0.15) is 6.29 Å². The molecule has 92 valence electrons. The summed E-state index contributed by atoms with van der Waals surface area (Å²) in [5, 5.41) is 0. The molecule has 0 spiro atoms. The van der Waals surface area contributed by atoms with Crippen molar-refractivity contribution in [2.24, 2.45) is 0 Å². The van der Waals surface area contributed by atoms with E-state index in [9.17, 15) is 4.79 Å². The second-order valence-corrected chi connectivity index (χ2v) is 3.53. The zero-order valence-corrected chi connectivity index (χ0v) is 9.87. The SMILES string of the molecule is COCOc1cc(C=O)cc(-c2ccncc2)n1. The van der Waals surface area contributed by atoms with E-state index in [0.717, 1.165) is 11.8 Å². The highest BCUT2D eigenvalue weighted by molar-refractivity contribution is 5.78. The van der Waals surface area contributed by atoms with Gasteiger partial charge in [0, 0.05) is 36.7 Å². The summed E-state index contributed by atoms with van der Waals surface area (Å²) < 4.78 is 10.1. The first-order valence-electron chi connectivity index (χ1n) is 5.33. The summed E-state index contributed by atoms with van der Waals surface area (Å²) in [6, 6.07) is 6.90. The minimum Gasteiger partial charge on any atom is -0.451 e. The van der Waals surface area contributed by atoms with Gasteiger partial charge in [-0.15, -0.1) is 0 Å². The van der Waals surface area contributed by atoms with Crippen LogP contribution in [-0.4, -0.2) is 30.2 Å². The maximum Gasteiger partial charge on any atom is 0.216 e. The van der Waals surface area contributed by atoms with Crippen molar-refractivity contribution in [3.05, 3.63) is 42.2 Å². The molecule has 2 aromatic heterocycles. The Bertz CT molecular complexity index is 529. The number of aromatic nitrogens is 2. The van der Waals surface area contributed by atoms with Crippen LogP contribution < -0.4 is 4.74 Å². The lowest BCUT2D eigenvalue weighted by atomic mass is 10.1. The van der Waals surface area contributed by atoms with Crippen molar-refractivity contribution in [3.8, 4) is 17.1 Å². The largest absolute Gasteiger partial charge is 0.451 e. The number of aldehydes is 1. The summed E-state index contributed by atoms with van der Waals surface area (Å²) in [6.07, 6.45) is 4.09. The molecule has 0 aliphatic rings. The predicted molar refractivity (Wildman–Crippen MR) is 65.4 cm³/mol. The van der Waals surface area contributed by atoms with Gasteiger partial charge in [0.2, 0.25) is 5.88 Å². The van der Waals surface area contributed by atoms with Crippen LogP contribution in [0.15, 0.2) is 36.7 Å². The topological polar surface area (TPSA) is 61.3 Å². The zero-order chi connectivity index (χ0) is 12.8. The molecule has 2 rings (SSSR count). The van der Waals surface area contributed by atoms with Gasteiger partial charge in [0.15, 0.2) is 6.79 Å². The number of hydrogen-bond acceptors (Lipinski definition) is 5. The smallest absolute Gasteiger partial charge is 0.216 e. The molecule has 0 amide bonds. The van der Waals surface area contributed by atoms with Gasteiger partial charge >= 0.3 is 0 Å². The second kappa shape index (κ2) is 5.88. The molecule has 0 bridgehead atoms. The van der Waals surface area contributed by atoms with Crippen LogP contribution in [0.1, 0.15) is 10.4 Å². The Balaban J connectivity index is 2.38. The van der Waals surface area contributed by atoms with Crippen molar-refractivity contribution in [2.75, 3.05) is 13.9 Å². The van der Waals surface area contributed by atoms with Gasteiger partial charge < -0.3 is 9.47 Å². The van der Waals surface area contributed by atoms with Crippen LogP contribution in [0.25, 0.3) is 11.3 Å². The number of methoxy groups -OCH3 is 1. The second-order valence-electron chi connectivity index (χ2n) is 3.53. The number of hydrogen-bond donors (Lipinski definition) is 0. The molecule has 0 aliphatic carbocycles. The van der Waals surface area contributed by atoms with Crippen LogP contribution in [0.5, 0.6) is 5.88 Å². The maximum atomic E-state index is 10.9. The average molecular weight is 244 g/mol. The fraction of sp³-hybridized carbons (Fsp3) is 0.154. The molecule has 0 atom stereocenters. The van der Waals surface area contributed by atoms with E-state index in [1.807, 2.05) is 12.1 Å². The van der Waals surface area contributed by atoms with Crippen molar-refractivity contribution in [1.29, 1.82) is 0 Å². The van der Waals surface area contributed by atoms with Crippen LogP contribution in [0.2, 0.25) is 0 Å². The number of carbonyl (C=O) groups is 1. The third kappa shape index (κ3) is 2.89. The molecular weight excluding hydrogens is 232 g/mol. The lowest BCUT2D eigenvalue weighted by Gasteiger charge is -2.07. The molecule has 0 saturated heterocycles. The van der Waals surface area contributed by atoms with Gasteiger partial charge in [-0.25, -0.2) is 4.98 Å². The molecule has 0 radical (unpaired) electrons. The van der Waals surface area contributed by atoms with E-state index in [0.29, 0.717) is 17.1 Å². The standard InChI is InChI=1S/C13H12N2O3/c1-17-9-18-13-7-10(8-16)6-12(15-13)11-2-4-14-5-3-11/h2-8H,9H2,1H3. The predicted octanol–water partition coefficient (Wildman–Crippen LogP) is 1.94. The van der Waals surface area contributed by atoms with Gasteiger partial charge in [0.25, 0.3) is 0 Å². The molecule has 2 aromatic rings. The Kier molecular flexibility index (Phi) is 3.98. The quantitative estimate of drug-likeness (QED) is 0.594. The van der Waals surface area contributed by atoms with Crippen molar-refractivity contribution in [3.63, 3.8) is 0 Å². The number of carbonyl (C=O) groups excluding carboxylic acids is 1. The van der Waals surface area contributed by atoms with Gasteiger partial charge in [-0.1, -0.05) is 0 Å². The average Bonchev–Trinajstić information content (AvgIpc) is 2.45. The molecule has 0 unspecified atom stereocenters. The minimum atomic E-state index is 0.0884. The van der Waals surface area contributed by atoms with E-state index in [4.69, 9.17) is 9.47 Å². The summed E-state index contributed by atoms with van der Waals surface area (Å²) in [6.45, 7) is 0.0884. The van der Waals surface area contributed by atoms with Gasteiger partial charge in [-0.3, -0.25) is 9.78 Å². The maximum absolute atomic E-state index is 10.9. The van der Waals surface area contributed by atoms with Crippen LogP contribution in [0, 0.1) is 0 Å². The highest BCUT2D eigenvalue weighted by atomic mass is 16.7. The third-order valence-corrected chi connectivity index (χ3v) is 2.26. The Labute approximate surface area is 104 Å². The Morgan fingerprint density at radius 3 is 2.72 bits per heavy atom. The normalized spacial score (nSPS) is 10.1. The van der Waals surface area contributed by atoms with Crippen LogP contribution in [0.4, 0.5) is 0 Å². The zero-order valence-electron chi connectivity index (χ0n) is 9.87. The van der Waals surface area contributed by atoms with E-state index in [1.54, 1.807) is 24.5 Å². The first kappa shape index (κ1) is 12.2. The molecule has 0 aromatic carbocycles. The molecule has 2 heterocycles. The number of rotatable bonds is 5. The van der Waals surface area contributed by atoms with Crippen molar-refractivity contribution in [1.82, 2.24) is 9.97 Å². The molecular formula is C13H12N2O3. The molecule has 0 N–H and O–H groups in total. The summed E-state index contributed by atoms with van der Waals surface area (Å²) in [4.78, 5) is 19.1. The van der Waals surface area contributed by atoms with E-state index >= 15 is 0 Å². The number of ether oxygens (including phenoxy) is 2. The summed E-state index contributed by atoms with van der Waals surface area (Å²) >= 11 is 0. The Morgan fingerprint density at radius 2 is 2.06 bits per heavy atom. The molecule has 0 aliphatic heterocycles. The van der Waals surface area contributed by atoms with Gasteiger partial charge in [-0.2, -0.15) is 0 Å². The highest BCUT2D eigenvalue weighted by Gasteiger charge is 2.05. The molecule has 0 fully saturated rings. The fourth-order valence-electron chi connectivity index (χ4n) is 1.46. The van der Waals surface area contributed by atoms with Gasteiger partial charge in [0.05, 0.1) is 5.69 Å². The van der Waals surface area contributed by atoms with E-state index in [-0.39, 0.29) is 6.79 Å². The summed E-state index contributed by atoms with van der Waals surface area (Å²) in [7, 11) is 1.52. The van der Waals surface area contributed by atoms with E-state index in [2.05, 4.69) is 9.97 Å². The fourth-order valence-corrected chi connectivity index (χ4v) is 1.46. The lowest BCUT2D eigenvalue weighted by Crippen LogP contribution is -2.02. The third-order valence-electron chi connectivity index (χ3n) is 2.26. The minimum absolute atomic E-state index is 0.0884. The summed E-state index contributed by atoms with van der Waals surface area (Å²) in [5.41, 5.74) is 2.03. The van der Waals surface area contributed by atoms with Crippen LogP contribution >= 0.6 is 0 Å². The van der Waals surface area contributed by atoms with Crippen LogP contribution in [0.3, 0.4) is 0 Å².